The third-order valence-corrected chi connectivity index (χ3v) is 4.42. The lowest BCUT2D eigenvalue weighted by molar-refractivity contribution is 0.386. The summed E-state index contributed by atoms with van der Waals surface area (Å²) in [5.41, 5.74) is 0.731. The van der Waals surface area contributed by atoms with Gasteiger partial charge in [-0.05, 0) is 18.9 Å². The highest BCUT2D eigenvalue weighted by molar-refractivity contribution is 6.30. The largest absolute Gasteiger partial charge is 0.480 e. The molecule has 0 aromatic carbocycles. The average Bonchev–Trinajstić information content (AvgIpc) is 3.05. The van der Waals surface area contributed by atoms with Gasteiger partial charge in [0.15, 0.2) is 11.5 Å². The van der Waals surface area contributed by atoms with Crippen LogP contribution >= 0.6 is 11.6 Å². The molecule has 0 amide bonds. The molecule has 4 rings (SSSR count). The Morgan fingerprint density at radius 3 is 2.58 bits per heavy atom. The number of nitrogens with zero attached hydrogens (tertiary/aromatic N) is 7. The second kappa shape index (κ2) is 6.20. The van der Waals surface area contributed by atoms with E-state index < -0.39 is 0 Å². The number of rotatable bonds is 3. The highest BCUT2D eigenvalue weighted by Gasteiger charge is 2.26. The molecular weight excluding hydrogens is 330 g/mol. The molecule has 3 aromatic heterocycles. The van der Waals surface area contributed by atoms with E-state index in [9.17, 15) is 0 Å². The maximum atomic E-state index is 5.84. The number of piperidine rings is 1. The molecule has 4 heterocycles. The van der Waals surface area contributed by atoms with Crippen LogP contribution in [0.15, 0.2) is 24.5 Å². The first-order chi connectivity index (χ1) is 11.7. The van der Waals surface area contributed by atoms with Crippen LogP contribution in [0.1, 0.15) is 24.6 Å². The molecule has 1 aliphatic heterocycles. The van der Waals surface area contributed by atoms with Gasteiger partial charge in [-0.3, -0.25) is 0 Å². The molecule has 3 aromatic rings. The quantitative estimate of drug-likeness (QED) is 0.717. The van der Waals surface area contributed by atoms with Gasteiger partial charge in [0.1, 0.15) is 0 Å². The highest BCUT2D eigenvalue weighted by atomic mass is 35.5. The van der Waals surface area contributed by atoms with E-state index in [1.54, 1.807) is 30.1 Å². The fourth-order valence-corrected chi connectivity index (χ4v) is 3.06. The first-order valence-electron chi connectivity index (χ1n) is 7.73. The van der Waals surface area contributed by atoms with Crippen LogP contribution in [-0.2, 0) is 0 Å². The van der Waals surface area contributed by atoms with Crippen molar-refractivity contribution in [2.45, 2.75) is 18.8 Å². The first-order valence-corrected chi connectivity index (χ1v) is 8.11. The Balaban J connectivity index is 1.52. The molecule has 0 aliphatic carbocycles. The van der Waals surface area contributed by atoms with Crippen molar-refractivity contribution in [2.24, 2.45) is 0 Å². The molecule has 1 fully saturated rings. The zero-order valence-corrected chi connectivity index (χ0v) is 13.9. The van der Waals surface area contributed by atoms with Gasteiger partial charge in [0.25, 0.3) is 0 Å². The summed E-state index contributed by atoms with van der Waals surface area (Å²) in [5, 5.41) is 13.5. The Bertz CT molecular complexity index is 843. The minimum Gasteiger partial charge on any atom is -0.480 e. The van der Waals surface area contributed by atoms with E-state index in [1.165, 1.54) is 0 Å². The highest BCUT2D eigenvalue weighted by Crippen LogP contribution is 2.28. The van der Waals surface area contributed by atoms with E-state index in [0.717, 1.165) is 37.4 Å². The van der Waals surface area contributed by atoms with Crippen molar-refractivity contribution in [2.75, 3.05) is 25.1 Å². The van der Waals surface area contributed by atoms with Crippen LogP contribution in [0.2, 0.25) is 5.02 Å². The van der Waals surface area contributed by atoms with Gasteiger partial charge in [0, 0.05) is 25.1 Å². The van der Waals surface area contributed by atoms with Crippen molar-refractivity contribution >= 4 is 23.2 Å². The number of ether oxygens (including phenoxy) is 1. The lowest BCUT2D eigenvalue weighted by Gasteiger charge is -2.30. The zero-order valence-electron chi connectivity index (χ0n) is 13.1. The predicted molar refractivity (Wildman–Crippen MR) is 88.6 cm³/mol. The Labute approximate surface area is 143 Å². The monoisotopic (exact) mass is 345 g/mol. The Morgan fingerprint density at radius 1 is 1.12 bits per heavy atom. The Kier molecular flexibility index (Phi) is 3.89. The second-order valence-electron chi connectivity index (χ2n) is 5.67. The average molecular weight is 346 g/mol. The summed E-state index contributed by atoms with van der Waals surface area (Å²) in [6, 6.07) is 3.65. The van der Waals surface area contributed by atoms with Crippen molar-refractivity contribution in [3.05, 3.63) is 35.4 Å². The molecule has 0 N–H and O–H groups in total. The summed E-state index contributed by atoms with van der Waals surface area (Å²) in [6.07, 6.45) is 5.12. The van der Waals surface area contributed by atoms with E-state index in [0.29, 0.717) is 22.8 Å². The number of anilines is 1. The van der Waals surface area contributed by atoms with Gasteiger partial charge in [-0.15, -0.1) is 15.3 Å². The first kappa shape index (κ1) is 15.1. The van der Waals surface area contributed by atoms with Crippen LogP contribution in [0.5, 0.6) is 5.88 Å². The molecular formula is C15H16ClN7O. The van der Waals surface area contributed by atoms with E-state index in [4.69, 9.17) is 16.3 Å². The van der Waals surface area contributed by atoms with Gasteiger partial charge in [0.2, 0.25) is 11.8 Å². The van der Waals surface area contributed by atoms with Crippen LogP contribution in [0.4, 0.5) is 5.95 Å². The number of hydrogen-bond acceptors (Lipinski definition) is 7. The van der Waals surface area contributed by atoms with Crippen LogP contribution in [0.3, 0.4) is 0 Å². The Hall–Kier alpha value is -2.48. The van der Waals surface area contributed by atoms with E-state index in [2.05, 4.69) is 30.2 Å². The van der Waals surface area contributed by atoms with E-state index in [1.807, 2.05) is 6.07 Å². The number of aromatic nitrogens is 6. The second-order valence-corrected chi connectivity index (χ2v) is 6.10. The molecule has 1 aliphatic rings. The van der Waals surface area contributed by atoms with Crippen molar-refractivity contribution in [1.82, 2.24) is 29.8 Å². The summed E-state index contributed by atoms with van der Waals surface area (Å²) in [4.78, 5) is 10.7. The third kappa shape index (κ3) is 2.73. The molecule has 0 saturated carbocycles. The minimum absolute atomic E-state index is 0.295. The van der Waals surface area contributed by atoms with Crippen LogP contribution in [0, 0.1) is 0 Å². The molecule has 124 valence electrons. The van der Waals surface area contributed by atoms with Crippen molar-refractivity contribution in [3.63, 3.8) is 0 Å². The molecule has 0 atom stereocenters. The van der Waals surface area contributed by atoms with Crippen molar-refractivity contribution < 1.29 is 4.74 Å². The fourth-order valence-electron chi connectivity index (χ4n) is 2.96. The van der Waals surface area contributed by atoms with E-state index in [-0.39, 0.29) is 0 Å². The lowest BCUT2D eigenvalue weighted by atomic mass is 9.96. The van der Waals surface area contributed by atoms with Gasteiger partial charge < -0.3 is 9.64 Å². The van der Waals surface area contributed by atoms with Gasteiger partial charge in [-0.25, -0.2) is 9.97 Å². The van der Waals surface area contributed by atoms with E-state index >= 15 is 0 Å². The predicted octanol–water partition coefficient (Wildman–Crippen LogP) is 1.96. The molecule has 9 heteroatoms. The third-order valence-electron chi connectivity index (χ3n) is 4.22. The van der Waals surface area contributed by atoms with Gasteiger partial charge >= 0.3 is 0 Å². The molecule has 0 radical (unpaired) electrons. The lowest BCUT2D eigenvalue weighted by Crippen LogP contribution is -2.34. The minimum atomic E-state index is 0.295. The SMILES string of the molecule is COc1ccc2nnc(C3CCN(c4ncc(Cl)cn4)CC3)n2n1. The number of hydrogen-bond donors (Lipinski definition) is 0. The summed E-state index contributed by atoms with van der Waals surface area (Å²) >= 11 is 5.84. The standard InChI is InChI=1S/C15H16ClN7O/c1-24-13-3-2-12-19-20-14(23(12)21-13)10-4-6-22(7-5-10)15-17-8-11(16)9-18-15/h2-3,8-10H,4-7H2,1H3. The number of halogens is 1. The smallest absolute Gasteiger partial charge is 0.231 e. The summed E-state index contributed by atoms with van der Waals surface area (Å²) < 4.78 is 6.97. The summed E-state index contributed by atoms with van der Waals surface area (Å²) in [7, 11) is 1.60. The van der Waals surface area contributed by atoms with Crippen LogP contribution < -0.4 is 9.64 Å². The number of methoxy groups -OCH3 is 1. The van der Waals surface area contributed by atoms with Gasteiger partial charge in [-0.1, -0.05) is 11.6 Å². The van der Waals surface area contributed by atoms with Crippen molar-refractivity contribution in [1.29, 1.82) is 0 Å². The van der Waals surface area contributed by atoms with Crippen LogP contribution in [0.25, 0.3) is 5.65 Å². The summed E-state index contributed by atoms with van der Waals surface area (Å²) in [5.74, 6) is 2.43. The van der Waals surface area contributed by atoms with Crippen molar-refractivity contribution in [3.8, 4) is 5.88 Å². The maximum absolute atomic E-state index is 5.84. The summed E-state index contributed by atoms with van der Waals surface area (Å²) in [6.45, 7) is 1.70. The molecule has 0 unspecified atom stereocenters. The fraction of sp³-hybridized carbons (Fsp3) is 0.400. The van der Waals surface area contributed by atoms with Gasteiger partial charge in [-0.2, -0.15) is 4.52 Å². The molecule has 24 heavy (non-hydrogen) atoms. The molecule has 0 bridgehead atoms. The van der Waals surface area contributed by atoms with Crippen LogP contribution in [-0.4, -0.2) is 50.0 Å². The zero-order chi connectivity index (χ0) is 16.5. The molecule has 0 spiro atoms. The Morgan fingerprint density at radius 2 is 1.88 bits per heavy atom. The molecule has 1 saturated heterocycles. The van der Waals surface area contributed by atoms with Gasteiger partial charge in [0.05, 0.1) is 24.5 Å². The normalized spacial score (nSPS) is 15.8. The topological polar surface area (TPSA) is 81.3 Å². The number of fused-ring (bicyclic) bond motifs is 1. The molecule has 8 nitrogen and oxygen atoms in total. The maximum Gasteiger partial charge on any atom is 0.231 e.